The molecular formula is C9H9BrN2S. The Kier molecular flexibility index (Phi) is 2.62. The first-order valence-corrected chi connectivity index (χ1v) is 5.61. The number of aromatic nitrogens is 1. The zero-order chi connectivity index (χ0) is 9.26. The maximum atomic E-state index is 4.51. The minimum absolute atomic E-state index is 0.839. The molecule has 2 aromatic rings. The SMILES string of the molecule is CNCc1nc2c(Br)cccc2s1. The average molecular weight is 257 g/mol. The van der Waals surface area contributed by atoms with Crippen LogP contribution in [-0.4, -0.2) is 12.0 Å². The van der Waals surface area contributed by atoms with Gasteiger partial charge in [-0.25, -0.2) is 4.98 Å². The summed E-state index contributed by atoms with van der Waals surface area (Å²) in [4.78, 5) is 4.51. The van der Waals surface area contributed by atoms with Crippen molar-refractivity contribution in [3.05, 3.63) is 27.7 Å². The molecule has 0 fully saturated rings. The van der Waals surface area contributed by atoms with Gasteiger partial charge < -0.3 is 5.32 Å². The summed E-state index contributed by atoms with van der Waals surface area (Å²) >= 11 is 5.22. The van der Waals surface area contributed by atoms with E-state index >= 15 is 0 Å². The maximum absolute atomic E-state index is 4.51. The Labute approximate surface area is 89.1 Å². The van der Waals surface area contributed by atoms with E-state index in [1.54, 1.807) is 11.3 Å². The summed E-state index contributed by atoms with van der Waals surface area (Å²) in [5.41, 5.74) is 1.07. The molecule has 2 nitrogen and oxygen atoms in total. The summed E-state index contributed by atoms with van der Waals surface area (Å²) < 4.78 is 2.31. The standard InChI is InChI=1S/C9H9BrN2S/c1-11-5-8-12-9-6(10)3-2-4-7(9)13-8/h2-4,11H,5H2,1H3. The second-order valence-electron chi connectivity index (χ2n) is 2.72. The largest absolute Gasteiger partial charge is 0.314 e. The molecule has 1 aromatic heterocycles. The summed E-state index contributed by atoms with van der Waals surface area (Å²) in [5, 5.41) is 4.23. The molecule has 4 heteroatoms. The lowest BCUT2D eigenvalue weighted by atomic mass is 10.3. The molecule has 1 N–H and O–H groups in total. The van der Waals surface area contributed by atoms with Gasteiger partial charge in [0.05, 0.1) is 10.2 Å². The van der Waals surface area contributed by atoms with Gasteiger partial charge in [-0.2, -0.15) is 0 Å². The van der Waals surface area contributed by atoms with E-state index in [0.29, 0.717) is 0 Å². The van der Waals surface area contributed by atoms with Gasteiger partial charge in [0, 0.05) is 11.0 Å². The Balaban J connectivity index is 2.55. The van der Waals surface area contributed by atoms with Crippen LogP contribution in [0.15, 0.2) is 22.7 Å². The Morgan fingerprint density at radius 2 is 2.38 bits per heavy atom. The van der Waals surface area contributed by atoms with Crippen LogP contribution in [0.3, 0.4) is 0 Å². The second-order valence-corrected chi connectivity index (χ2v) is 4.69. The second kappa shape index (κ2) is 3.74. The van der Waals surface area contributed by atoms with Crippen LogP contribution < -0.4 is 5.32 Å². The van der Waals surface area contributed by atoms with Gasteiger partial charge in [0.15, 0.2) is 0 Å². The van der Waals surface area contributed by atoms with Gasteiger partial charge >= 0.3 is 0 Å². The highest BCUT2D eigenvalue weighted by Crippen LogP contribution is 2.27. The predicted molar refractivity (Wildman–Crippen MR) is 60.1 cm³/mol. The van der Waals surface area contributed by atoms with Crippen molar-refractivity contribution in [2.75, 3.05) is 7.05 Å². The highest BCUT2D eigenvalue weighted by Gasteiger charge is 2.04. The molecule has 13 heavy (non-hydrogen) atoms. The predicted octanol–water partition coefficient (Wildman–Crippen LogP) is 2.78. The number of halogens is 1. The van der Waals surface area contributed by atoms with E-state index in [-0.39, 0.29) is 0 Å². The van der Waals surface area contributed by atoms with Crippen molar-refractivity contribution in [1.82, 2.24) is 10.3 Å². The highest BCUT2D eigenvalue weighted by atomic mass is 79.9. The average Bonchev–Trinajstić information content (AvgIpc) is 2.49. The van der Waals surface area contributed by atoms with Crippen molar-refractivity contribution in [3.8, 4) is 0 Å². The third kappa shape index (κ3) is 1.75. The summed E-state index contributed by atoms with van der Waals surface area (Å²) in [5.74, 6) is 0. The zero-order valence-corrected chi connectivity index (χ0v) is 9.58. The molecule has 0 aliphatic rings. The normalized spacial score (nSPS) is 10.9. The van der Waals surface area contributed by atoms with E-state index in [1.165, 1.54) is 4.70 Å². The fourth-order valence-electron chi connectivity index (χ4n) is 1.19. The van der Waals surface area contributed by atoms with Crippen LogP contribution in [0.2, 0.25) is 0 Å². The van der Waals surface area contributed by atoms with Crippen LogP contribution in [-0.2, 0) is 6.54 Å². The molecule has 2 rings (SSSR count). The van der Waals surface area contributed by atoms with E-state index in [1.807, 2.05) is 19.2 Å². The Morgan fingerprint density at radius 3 is 3.08 bits per heavy atom. The zero-order valence-electron chi connectivity index (χ0n) is 7.17. The van der Waals surface area contributed by atoms with Gasteiger partial charge in [-0.15, -0.1) is 11.3 Å². The molecule has 1 aromatic carbocycles. The number of hydrogen-bond acceptors (Lipinski definition) is 3. The van der Waals surface area contributed by atoms with Gasteiger partial charge in [0.25, 0.3) is 0 Å². The van der Waals surface area contributed by atoms with Crippen LogP contribution in [0, 0.1) is 0 Å². The number of nitrogens with zero attached hydrogens (tertiary/aromatic N) is 1. The van der Waals surface area contributed by atoms with Crippen molar-refractivity contribution in [1.29, 1.82) is 0 Å². The summed E-state index contributed by atoms with van der Waals surface area (Å²) in [6.45, 7) is 0.839. The number of hydrogen-bond donors (Lipinski definition) is 1. The third-order valence-electron chi connectivity index (χ3n) is 1.74. The van der Waals surface area contributed by atoms with Crippen LogP contribution in [0.5, 0.6) is 0 Å². The molecule has 0 spiro atoms. The number of nitrogens with one attached hydrogen (secondary N) is 1. The summed E-state index contributed by atoms with van der Waals surface area (Å²) in [7, 11) is 1.93. The van der Waals surface area contributed by atoms with Crippen molar-refractivity contribution in [3.63, 3.8) is 0 Å². The third-order valence-corrected chi connectivity index (χ3v) is 3.40. The highest BCUT2D eigenvalue weighted by molar-refractivity contribution is 9.10. The minimum atomic E-state index is 0.839. The number of rotatable bonds is 2. The molecule has 68 valence electrons. The first-order valence-electron chi connectivity index (χ1n) is 4.00. The van der Waals surface area contributed by atoms with E-state index < -0.39 is 0 Å². The topological polar surface area (TPSA) is 24.9 Å². The van der Waals surface area contributed by atoms with E-state index in [2.05, 4.69) is 32.3 Å². The van der Waals surface area contributed by atoms with Gasteiger partial charge in [0.2, 0.25) is 0 Å². The summed E-state index contributed by atoms with van der Waals surface area (Å²) in [6.07, 6.45) is 0. The minimum Gasteiger partial charge on any atom is -0.314 e. The first kappa shape index (κ1) is 9.12. The van der Waals surface area contributed by atoms with Crippen LogP contribution in [0.1, 0.15) is 5.01 Å². The molecule has 0 unspecified atom stereocenters. The van der Waals surface area contributed by atoms with Gasteiger partial charge in [-0.05, 0) is 35.1 Å². The van der Waals surface area contributed by atoms with Crippen LogP contribution in [0.4, 0.5) is 0 Å². The molecule has 0 bridgehead atoms. The lowest BCUT2D eigenvalue weighted by Crippen LogP contribution is -2.03. The van der Waals surface area contributed by atoms with Crippen molar-refractivity contribution in [2.45, 2.75) is 6.54 Å². The van der Waals surface area contributed by atoms with Crippen LogP contribution in [0.25, 0.3) is 10.2 Å². The van der Waals surface area contributed by atoms with Gasteiger partial charge in [-0.1, -0.05) is 6.07 Å². The Bertz CT molecular complexity index is 424. The van der Waals surface area contributed by atoms with Crippen molar-refractivity contribution >= 4 is 37.5 Å². The maximum Gasteiger partial charge on any atom is 0.108 e. The lowest BCUT2D eigenvalue weighted by molar-refractivity contribution is 0.812. The fraction of sp³-hybridized carbons (Fsp3) is 0.222. The first-order chi connectivity index (χ1) is 6.31. The molecule has 0 atom stereocenters. The number of fused-ring (bicyclic) bond motifs is 1. The Morgan fingerprint density at radius 1 is 1.54 bits per heavy atom. The smallest absolute Gasteiger partial charge is 0.108 e. The number of para-hydroxylation sites is 1. The van der Waals surface area contributed by atoms with Gasteiger partial charge in [-0.3, -0.25) is 0 Å². The fourth-order valence-corrected chi connectivity index (χ4v) is 2.78. The molecule has 0 radical (unpaired) electrons. The van der Waals surface area contributed by atoms with E-state index in [0.717, 1.165) is 21.5 Å². The molecule has 1 heterocycles. The van der Waals surface area contributed by atoms with Crippen molar-refractivity contribution in [2.24, 2.45) is 0 Å². The quantitative estimate of drug-likeness (QED) is 0.894. The van der Waals surface area contributed by atoms with E-state index in [9.17, 15) is 0 Å². The van der Waals surface area contributed by atoms with Crippen LogP contribution >= 0.6 is 27.3 Å². The molecule has 0 amide bonds. The van der Waals surface area contributed by atoms with E-state index in [4.69, 9.17) is 0 Å². The molecular weight excluding hydrogens is 248 g/mol. The van der Waals surface area contributed by atoms with Gasteiger partial charge in [0.1, 0.15) is 5.01 Å². The molecule has 0 saturated heterocycles. The molecule has 0 saturated carbocycles. The Hall–Kier alpha value is -0.450. The monoisotopic (exact) mass is 256 g/mol. The number of benzene rings is 1. The van der Waals surface area contributed by atoms with Crippen molar-refractivity contribution < 1.29 is 0 Å². The molecule has 0 aliphatic carbocycles. The lowest BCUT2D eigenvalue weighted by Gasteiger charge is -1.89. The molecule has 0 aliphatic heterocycles. The summed E-state index contributed by atoms with van der Waals surface area (Å²) in [6, 6.07) is 6.15. The number of thiazole rings is 1.